The van der Waals surface area contributed by atoms with Crippen LogP contribution in [-0.4, -0.2) is 36.9 Å². The molecule has 0 rings (SSSR count). The van der Waals surface area contributed by atoms with E-state index in [2.05, 4.69) is 5.32 Å². The Balaban J connectivity index is 3.46. The Morgan fingerprint density at radius 2 is 1.38 bits per heavy atom. The number of hydrogen-bond acceptors (Lipinski definition) is 3. The SMILES string of the molecule is CC(C)(C)OC(=O)NCCCCCCNC(=O)C(F)(F)F. The summed E-state index contributed by atoms with van der Waals surface area (Å²) >= 11 is 0. The lowest BCUT2D eigenvalue weighted by Crippen LogP contribution is -2.37. The fraction of sp³-hybridized carbons (Fsp3) is 0.846. The van der Waals surface area contributed by atoms with Gasteiger partial charge in [0.2, 0.25) is 0 Å². The first kappa shape index (κ1) is 19.5. The van der Waals surface area contributed by atoms with E-state index in [-0.39, 0.29) is 6.54 Å². The van der Waals surface area contributed by atoms with Crippen molar-refractivity contribution in [3.05, 3.63) is 0 Å². The normalized spacial score (nSPS) is 11.9. The molecule has 8 heteroatoms. The predicted octanol–water partition coefficient (Wildman–Crippen LogP) is 2.75. The Labute approximate surface area is 122 Å². The molecule has 5 nitrogen and oxygen atoms in total. The highest BCUT2D eigenvalue weighted by Gasteiger charge is 2.38. The first-order valence-corrected chi connectivity index (χ1v) is 6.84. The number of alkyl halides is 3. The fourth-order valence-corrected chi connectivity index (χ4v) is 1.41. The van der Waals surface area contributed by atoms with E-state index in [1.165, 1.54) is 0 Å². The van der Waals surface area contributed by atoms with Crippen LogP contribution in [0.2, 0.25) is 0 Å². The maximum atomic E-state index is 11.9. The van der Waals surface area contributed by atoms with Crippen LogP contribution in [0.3, 0.4) is 0 Å². The summed E-state index contributed by atoms with van der Waals surface area (Å²) in [5.41, 5.74) is -0.541. The molecule has 0 aliphatic heterocycles. The molecular weight excluding hydrogens is 289 g/mol. The molecule has 21 heavy (non-hydrogen) atoms. The summed E-state index contributed by atoms with van der Waals surface area (Å²) in [7, 11) is 0. The second kappa shape index (κ2) is 8.74. The molecule has 0 heterocycles. The van der Waals surface area contributed by atoms with E-state index in [4.69, 9.17) is 4.74 Å². The standard InChI is InChI=1S/C13H23F3N2O3/c1-12(2,3)21-11(20)18-9-7-5-4-6-8-17-10(19)13(14,15)16/h4-9H2,1-3H3,(H,17,19)(H,18,20). The quantitative estimate of drug-likeness (QED) is 0.710. The van der Waals surface area contributed by atoms with Gasteiger partial charge in [-0.2, -0.15) is 13.2 Å². The highest BCUT2D eigenvalue weighted by atomic mass is 19.4. The number of nitrogens with one attached hydrogen (secondary N) is 2. The van der Waals surface area contributed by atoms with E-state index in [0.717, 1.165) is 6.42 Å². The summed E-state index contributed by atoms with van der Waals surface area (Å²) in [6.07, 6.45) is -2.72. The Morgan fingerprint density at radius 3 is 1.81 bits per heavy atom. The monoisotopic (exact) mass is 312 g/mol. The van der Waals surface area contributed by atoms with Crippen molar-refractivity contribution in [3.8, 4) is 0 Å². The van der Waals surface area contributed by atoms with Gasteiger partial charge in [-0.1, -0.05) is 12.8 Å². The third-order valence-electron chi connectivity index (χ3n) is 2.31. The van der Waals surface area contributed by atoms with Crippen molar-refractivity contribution in [2.75, 3.05) is 13.1 Å². The zero-order chi connectivity index (χ0) is 16.5. The van der Waals surface area contributed by atoms with Crippen molar-refractivity contribution in [2.24, 2.45) is 0 Å². The minimum atomic E-state index is -4.82. The Kier molecular flexibility index (Phi) is 8.12. The Hall–Kier alpha value is -1.47. The molecule has 0 atom stereocenters. The van der Waals surface area contributed by atoms with Gasteiger partial charge >= 0.3 is 18.2 Å². The smallest absolute Gasteiger partial charge is 0.444 e. The van der Waals surface area contributed by atoms with Gasteiger partial charge in [0.1, 0.15) is 5.60 Å². The Bertz CT molecular complexity index is 339. The van der Waals surface area contributed by atoms with Gasteiger partial charge in [0.15, 0.2) is 0 Å². The molecule has 0 saturated carbocycles. The van der Waals surface area contributed by atoms with Crippen LogP contribution in [-0.2, 0) is 9.53 Å². The molecule has 2 amide bonds. The van der Waals surface area contributed by atoms with Gasteiger partial charge in [-0.05, 0) is 33.6 Å². The maximum absolute atomic E-state index is 11.9. The van der Waals surface area contributed by atoms with E-state index < -0.39 is 23.8 Å². The van der Waals surface area contributed by atoms with Gasteiger partial charge in [0, 0.05) is 13.1 Å². The lowest BCUT2D eigenvalue weighted by molar-refractivity contribution is -0.173. The molecule has 0 aromatic rings. The fourth-order valence-electron chi connectivity index (χ4n) is 1.41. The number of carbonyl (C=O) groups excluding carboxylic acids is 2. The first-order valence-electron chi connectivity index (χ1n) is 6.84. The van der Waals surface area contributed by atoms with Gasteiger partial charge < -0.3 is 15.4 Å². The maximum Gasteiger partial charge on any atom is 0.471 e. The molecule has 0 aromatic carbocycles. The molecule has 0 unspecified atom stereocenters. The summed E-state index contributed by atoms with van der Waals surface area (Å²) in [5, 5.41) is 4.39. The summed E-state index contributed by atoms with van der Waals surface area (Å²) in [5.74, 6) is -1.91. The molecule has 124 valence electrons. The minimum absolute atomic E-state index is 0.00215. The molecule has 0 radical (unpaired) electrons. The van der Waals surface area contributed by atoms with Crippen LogP contribution in [0.25, 0.3) is 0 Å². The van der Waals surface area contributed by atoms with Crippen LogP contribution >= 0.6 is 0 Å². The lowest BCUT2D eigenvalue weighted by atomic mass is 10.2. The predicted molar refractivity (Wildman–Crippen MR) is 71.8 cm³/mol. The van der Waals surface area contributed by atoms with Crippen molar-refractivity contribution in [2.45, 2.75) is 58.2 Å². The third-order valence-corrected chi connectivity index (χ3v) is 2.31. The van der Waals surface area contributed by atoms with Crippen LogP contribution in [0.5, 0.6) is 0 Å². The summed E-state index contributed by atoms with van der Waals surface area (Å²) in [4.78, 5) is 21.8. The largest absolute Gasteiger partial charge is 0.471 e. The summed E-state index contributed by atoms with van der Waals surface area (Å²) in [6, 6.07) is 0. The Morgan fingerprint density at radius 1 is 0.905 bits per heavy atom. The summed E-state index contributed by atoms with van der Waals surface area (Å²) < 4.78 is 40.6. The number of ether oxygens (including phenoxy) is 1. The van der Waals surface area contributed by atoms with Crippen molar-refractivity contribution in [1.29, 1.82) is 0 Å². The molecule has 2 N–H and O–H groups in total. The number of amides is 2. The van der Waals surface area contributed by atoms with Gasteiger partial charge in [-0.15, -0.1) is 0 Å². The average Bonchev–Trinajstić information content (AvgIpc) is 2.28. The molecule has 0 aromatic heterocycles. The number of halogens is 3. The molecule has 0 aliphatic rings. The van der Waals surface area contributed by atoms with Crippen molar-refractivity contribution < 1.29 is 27.5 Å². The van der Waals surface area contributed by atoms with Gasteiger partial charge in [0.25, 0.3) is 0 Å². The van der Waals surface area contributed by atoms with E-state index in [1.807, 2.05) is 0 Å². The van der Waals surface area contributed by atoms with Crippen LogP contribution < -0.4 is 10.6 Å². The second-order valence-corrected chi connectivity index (χ2v) is 5.60. The molecule has 0 spiro atoms. The van der Waals surface area contributed by atoms with Gasteiger partial charge in [-0.25, -0.2) is 4.79 Å². The molecule has 0 bridgehead atoms. The molecular formula is C13H23F3N2O3. The zero-order valence-corrected chi connectivity index (χ0v) is 12.6. The van der Waals surface area contributed by atoms with Crippen LogP contribution in [0, 0.1) is 0 Å². The number of rotatable bonds is 7. The molecule has 0 saturated heterocycles. The van der Waals surface area contributed by atoms with Crippen molar-refractivity contribution in [3.63, 3.8) is 0 Å². The topological polar surface area (TPSA) is 67.4 Å². The number of unbranched alkanes of at least 4 members (excludes halogenated alkanes) is 3. The summed E-state index contributed by atoms with van der Waals surface area (Å²) in [6.45, 7) is 5.74. The van der Waals surface area contributed by atoms with Crippen LogP contribution in [0.4, 0.5) is 18.0 Å². The van der Waals surface area contributed by atoms with E-state index in [0.29, 0.717) is 25.8 Å². The number of carbonyl (C=O) groups is 2. The highest BCUT2D eigenvalue weighted by Crippen LogP contribution is 2.14. The second-order valence-electron chi connectivity index (χ2n) is 5.60. The van der Waals surface area contributed by atoms with E-state index in [9.17, 15) is 22.8 Å². The first-order chi connectivity index (χ1) is 9.52. The third kappa shape index (κ3) is 12.0. The van der Waals surface area contributed by atoms with Crippen LogP contribution in [0.15, 0.2) is 0 Å². The lowest BCUT2D eigenvalue weighted by Gasteiger charge is -2.19. The number of alkyl carbamates (subject to hydrolysis) is 1. The van der Waals surface area contributed by atoms with Gasteiger partial charge in [-0.3, -0.25) is 4.79 Å². The van der Waals surface area contributed by atoms with Crippen LogP contribution in [0.1, 0.15) is 46.5 Å². The zero-order valence-electron chi connectivity index (χ0n) is 12.6. The molecule has 0 fully saturated rings. The van der Waals surface area contributed by atoms with Crippen molar-refractivity contribution >= 4 is 12.0 Å². The van der Waals surface area contributed by atoms with E-state index in [1.54, 1.807) is 26.1 Å². The van der Waals surface area contributed by atoms with Gasteiger partial charge in [0.05, 0.1) is 0 Å². The average molecular weight is 312 g/mol. The highest BCUT2D eigenvalue weighted by molar-refractivity contribution is 5.81. The van der Waals surface area contributed by atoms with Crippen molar-refractivity contribution in [1.82, 2.24) is 10.6 Å². The minimum Gasteiger partial charge on any atom is -0.444 e. The molecule has 0 aliphatic carbocycles. The number of hydrogen-bond donors (Lipinski definition) is 2. The van der Waals surface area contributed by atoms with E-state index >= 15 is 0 Å².